The lowest BCUT2D eigenvalue weighted by molar-refractivity contribution is -0.137. The maximum Gasteiger partial charge on any atom is 0.419 e. The normalized spacial score (nSPS) is 17.6. The topological polar surface area (TPSA) is 65.5 Å². The van der Waals surface area contributed by atoms with Crippen LogP contribution in [0.25, 0.3) is 0 Å². The zero-order valence-electron chi connectivity index (χ0n) is 19.5. The standard InChI is InChI=1S/C27H25F3N4O2/c28-27(29,30)22-7-3-14-31-24(22)33-15-4-6-20(17-33)25(35)32-21-11-9-19(10-12-21)26(36)34-16-13-18-5-1-2-8-23(18)34/h1-3,5,7-12,14,20H,4,6,13,15-17H2,(H,32,35). The molecule has 0 aliphatic carbocycles. The van der Waals surface area contributed by atoms with Crippen LogP contribution in [0.15, 0.2) is 66.9 Å². The van der Waals surface area contributed by atoms with Gasteiger partial charge in [0.1, 0.15) is 5.82 Å². The second-order valence-electron chi connectivity index (χ2n) is 9.06. The van der Waals surface area contributed by atoms with E-state index in [0.29, 0.717) is 37.2 Å². The summed E-state index contributed by atoms with van der Waals surface area (Å²) in [5.74, 6) is -0.994. The number of para-hydroxylation sites is 1. The molecule has 0 radical (unpaired) electrons. The predicted molar refractivity (Wildman–Crippen MR) is 131 cm³/mol. The Bertz CT molecular complexity index is 1280. The molecule has 1 fully saturated rings. The molecule has 3 heterocycles. The van der Waals surface area contributed by atoms with Crippen molar-refractivity contribution in [3.05, 3.63) is 83.6 Å². The maximum absolute atomic E-state index is 13.4. The Balaban J connectivity index is 1.24. The summed E-state index contributed by atoms with van der Waals surface area (Å²) in [4.78, 5) is 33.2. The number of nitrogens with zero attached hydrogens (tertiary/aromatic N) is 3. The van der Waals surface area contributed by atoms with Crippen LogP contribution in [0.1, 0.15) is 34.3 Å². The molecular formula is C27H25F3N4O2. The van der Waals surface area contributed by atoms with Crippen molar-refractivity contribution in [3.63, 3.8) is 0 Å². The minimum absolute atomic E-state index is 0.100. The van der Waals surface area contributed by atoms with Crippen LogP contribution in [0.4, 0.5) is 30.4 Å². The van der Waals surface area contributed by atoms with Crippen LogP contribution in [-0.4, -0.2) is 36.4 Å². The largest absolute Gasteiger partial charge is 0.419 e. The van der Waals surface area contributed by atoms with E-state index in [4.69, 9.17) is 0 Å². The highest BCUT2D eigenvalue weighted by Crippen LogP contribution is 2.36. The van der Waals surface area contributed by atoms with E-state index in [-0.39, 0.29) is 24.2 Å². The van der Waals surface area contributed by atoms with E-state index < -0.39 is 17.7 Å². The predicted octanol–water partition coefficient (Wildman–Crippen LogP) is 5.16. The van der Waals surface area contributed by atoms with Gasteiger partial charge in [-0.25, -0.2) is 4.98 Å². The van der Waals surface area contributed by atoms with Crippen LogP contribution in [0, 0.1) is 5.92 Å². The van der Waals surface area contributed by atoms with E-state index in [9.17, 15) is 22.8 Å². The number of nitrogens with one attached hydrogen (secondary N) is 1. The van der Waals surface area contributed by atoms with Crippen LogP contribution in [-0.2, 0) is 17.4 Å². The van der Waals surface area contributed by atoms with Gasteiger partial charge in [0.25, 0.3) is 5.91 Å². The molecule has 1 N–H and O–H groups in total. The van der Waals surface area contributed by atoms with E-state index in [1.54, 1.807) is 29.2 Å². The molecule has 1 saturated heterocycles. The number of halogens is 3. The number of aromatic nitrogens is 1. The summed E-state index contributed by atoms with van der Waals surface area (Å²) in [6, 6.07) is 16.8. The van der Waals surface area contributed by atoms with Crippen molar-refractivity contribution in [1.29, 1.82) is 0 Å². The van der Waals surface area contributed by atoms with Gasteiger partial charge in [0.2, 0.25) is 5.91 Å². The number of benzene rings is 2. The number of carbonyl (C=O) groups excluding carboxylic acids is 2. The average molecular weight is 495 g/mol. The van der Waals surface area contributed by atoms with E-state index in [2.05, 4.69) is 10.3 Å². The van der Waals surface area contributed by atoms with Gasteiger partial charge in [-0.1, -0.05) is 18.2 Å². The highest BCUT2D eigenvalue weighted by atomic mass is 19.4. The third-order valence-corrected chi connectivity index (χ3v) is 6.72. The fourth-order valence-corrected chi connectivity index (χ4v) is 4.90. The molecule has 0 spiro atoms. The van der Waals surface area contributed by atoms with Gasteiger partial charge in [0.05, 0.1) is 11.5 Å². The molecule has 0 bridgehead atoms. The third kappa shape index (κ3) is 4.78. The van der Waals surface area contributed by atoms with Crippen molar-refractivity contribution in [2.45, 2.75) is 25.4 Å². The monoisotopic (exact) mass is 494 g/mol. The number of alkyl halides is 3. The number of piperidine rings is 1. The third-order valence-electron chi connectivity index (χ3n) is 6.72. The van der Waals surface area contributed by atoms with E-state index in [0.717, 1.165) is 23.7 Å². The van der Waals surface area contributed by atoms with Gasteiger partial charge >= 0.3 is 6.18 Å². The first-order valence-electron chi connectivity index (χ1n) is 11.9. The van der Waals surface area contributed by atoms with Gasteiger partial charge in [-0.15, -0.1) is 0 Å². The van der Waals surface area contributed by atoms with E-state index >= 15 is 0 Å². The number of hydrogen-bond donors (Lipinski definition) is 1. The second-order valence-corrected chi connectivity index (χ2v) is 9.06. The zero-order valence-corrected chi connectivity index (χ0v) is 19.5. The fraction of sp³-hybridized carbons (Fsp3) is 0.296. The number of pyridine rings is 1. The molecule has 36 heavy (non-hydrogen) atoms. The average Bonchev–Trinajstić information content (AvgIpc) is 3.32. The first-order chi connectivity index (χ1) is 17.3. The molecule has 9 heteroatoms. The Morgan fingerprint density at radius 2 is 1.75 bits per heavy atom. The number of rotatable bonds is 4. The number of fused-ring (bicyclic) bond motifs is 1. The first kappa shape index (κ1) is 23.8. The molecule has 2 aliphatic heterocycles. The molecular weight excluding hydrogens is 469 g/mol. The Kier molecular flexibility index (Phi) is 6.38. The number of carbonyl (C=O) groups is 2. The van der Waals surface area contributed by atoms with Crippen molar-refractivity contribution in [1.82, 2.24) is 4.98 Å². The van der Waals surface area contributed by atoms with Gasteiger partial charge < -0.3 is 15.1 Å². The van der Waals surface area contributed by atoms with E-state index in [1.807, 2.05) is 24.3 Å². The van der Waals surface area contributed by atoms with Gasteiger partial charge in [0, 0.05) is 42.8 Å². The molecule has 186 valence electrons. The maximum atomic E-state index is 13.4. The van der Waals surface area contributed by atoms with Crippen molar-refractivity contribution >= 4 is 29.0 Å². The molecule has 1 atom stereocenters. The molecule has 2 aromatic carbocycles. The van der Waals surface area contributed by atoms with Gasteiger partial charge in [-0.2, -0.15) is 13.2 Å². The Morgan fingerprint density at radius 3 is 2.53 bits per heavy atom. The minimum atomic E-state index is -4.52. The number of anilines is 3. The molecule has 1 aromatic heterocycles. The quantitative estimate of drug-likeness (QED) is 0.544. The molecule has 5 rings (SSSR count). The Hall–Kier alpha value is -3.88. The SMILES string of the molecule is O=C(Nc1ccc(C(=O)N2CCc3ccccc32)cc1)C1CCCN(c2ncccc2C(F)(F)F)C1. The van der Waals surface area contributed by atoms with Crippen LogP contribution in [0.3, 0.4) is 0 Å². The summed E-state index contributed by atoms with van der Waals surface area (Å²) in [7, 11) is 0. The summed E-state index contributed by atoms with van der Waals surface area (Å²) in [6.45, 7) is 1.18. The first-order valence-corrected chi connectivity index (χ1v) is 11.9. The summed E-state index contributed by atoms with van der Waals surface area (Å²) in [5.41, 5.74) is 2.31. The lowest BCUT2D eigenvalue weighted by Gasteiger charge is -2.34. The van der Waals surface area contributed by atoms with Crippen LogP contribution < -0.4 is 15.1 Å². The smallest absolute Gasteiger partial charge is 0.355 e. The summed E-state index contributed by atoms with van der Waals surface area (Å²) in [5, 5.41) is 2.85. The number of hydrogen-bond acceptors (Lipinski definition) is 4. The van der Waals surface area contributed by atoms with Gasteiger partial charge in [0.15, 0.2) is 0 Å². The van der Waals surface area contributed by atoms with Gasteiger partial charge in [-0.3, -0.25) is 9.59 Å². The van der Waals surface area contributed by atoms with Crippen molar-refractivity contribution in [2.24, 2.45) is 5.92 Å². The summed E-state index contributed by atoms with van der Waals surface area (Å²) in [6.07, 6.45) is -1.22. The highest BCUT2D eigenvalue weighted by Gasteiger charge is 2.37. The van der Waals surface area contributed by atoms with Crippen molar-refractivity contribution in [2.75, 3.05) is 34.8 Å². The Labute approximate surface area is 206 Å². The zero-order chi connectivity index (χ0) is 25.3. The van der Waals surface area contributed by atoms with Crippen LogP contribution >= 0.6 is 0 Å². The molecule has 2 aliphatic rings. The van der Waals surface area contributed by atoms with Crippen molar-refractivity contribution < 1.29 is 22.8 Å². The highest BCUT2D eigenvalue weighted by molar-refractivity contribution is 6.07. The molecule has 1 unspecified atom stereocenters. The van der Waals surface area contributed by atoms with E-state index in [1.165, 1.54) is 17.2 Å². The summed E-state index contributed by atoms with van der Waals surface area (Å²) >= 11 is 0. The number of amides is 2. The summed E-state index contributed by atoms with van der Waals surface area (Å²) < 4.78 is 40.3. The van der Waals surface area contributed by atoms with Crippen LogP contribution in [0.5, 0.6) is 0 Å². The van der Waals surface area contributed by atoms with Gasteiger partial charge in [-0.05, 0) is 67.3 Å². The van der Waals surface area contributed by atoms with Crippen LogP contribution in [0.2, 0.25) is 0 Å². The molecule has 2 amide bonds. The van der Waals surface area contributed by atoms with Crippen molar-refractivity contribution in [3.8, 4) is 0 Å². The molecule has 0 saturated carbocycles. The lowest BCUT2D eigenvalue weighted by Crippen LogP contribution is -2.42. The molecule has 6 nitrogen and oxygen atoms in total. The fourth-order valence-electron chi connectivity index (χ4n) is 4.90. The Morgan fingerprint density at radius 1 is 0.972 bits per heavy atom. The minimum Gasteiger partial charge on any atom is -0.355 e. The molecule has 3 aromatic rings. The second kappa shape index (κ2) is 9.64. The lowest BCUT2D eigenvalue weighted by atomic mass is 9.96.